The molecule has 0 aliphatic carbocycles. The summed E-state index contributed by atoms with van der Waals surface area (Å²) in [5.74, 6) is 0.246. The summed E-state index contributed by atoms with van der Waals surface area (Å²) >= 11 is 3.64. The van der Waals surface area contributed by atoms with Gasteiger partial charge in [-0.05, 0) is 47.2 Å². The summed E-state index contributed by atoms with van der Waals surface area (Å²) in [6.45, 7) is 4.28. The number of carbonyl (C=O) groups is 1. The van der Waals surface area contributed by atoms with Gasteiger partial charge in [-0.2, -0.15) is 0 Å². The maximum absolute atomic E-state index is 12.1. The van der Waals surface area contributed by atoms with Gasteiger partial charge in [0.05, 0.1) is 0 Å². The highest BCUT2D eigenvalue weighted by Gasteiger charge is 2.13. The average Bonchev–Trinajstić information content (AvgIpc) is 2.87. The van der Waals surface area contributed by atoms with Crippen molar-refractivity contribution in [3.8, 4) is 0 Å². The zero-order chi connectivity index (χ0) is 14.5. The molecule has 0 spiro atoms. The minimum absolute atomic E-state index is 0.144. The van der Waals surface area contributed by atoms with Crippen LogP contribution in [0, 0.1) is 3.57 Å². The Morgan fingerprint density at radius 2 is 2.25 bits per heavy atom. The fourth-order valence-electron chi connectivity index (χ4n) is 1.84. The molecule has 1 N–H and O–H groups in total. The van der Waals surface area contributed by atoms with Gasteiger partial charge < -0.3 is 0 Å². The van der Waals surface area contributed by atoms with Crippen LogP contribution in [0.25, 0.3) is 0 Å². The van der Waals surface area contributed by atoms with Gasteiger partial charge in [0.25, 0.3) is 5.91 Å². The van der Waals surface area contributed by atoms with Gasteiger partial charge in [-0.3, -0.25) is 10.1 Å². The zero-order valence-electron chi connectivity index (χ0n) is 11.4. The Bertz CT molecular complexity index is 600. The first-order valence-electron chi connectivity index (χ1n) is 6.50. The number of aromatic nitrogens is 2. The summed E-state index contributed by atoms with van der Waals surface area (Å²) < 4.78 is 1.03. The topological polar surface area (TPSA) is 54.9 Å². The lowest BCUT2D eigenvalue weighted by Gasteiger charge is -2.03. The van der Waals surface area contributed by atoms with Crippen molar-refractivity contribution in [2.24, 2.45) is 0 Å². The van der Waals surface area contributed by atoms with Gasteiger partial charge in [0.1, 0.15) is 5.01 Å². The second kappa shape index (κ2) is 7.12. The highest BCUT2D eigenvalue weighted by molar-refractivity contribution is 14.1. The second-order valence-electron chi connectivity index (χ2n) is 4.60. The summed E-state index contributed by atoms with van der Waals surface area (Å²) in [6, 6.07) is 7.45. The van der Waals surface area contributed by atoms with E-state index in [2.05, 4.69) is 52.0 Å². The molecule has 1 aromatic heterocycles. The van der Waals surface area contributed by atoms with Crippen LogP contribution in [0.2, 0.25) is 0 Å². The number of carbonyl (C=O) groups excluding carboxylic acids is 1. The Balaban J connectivity index is 2.05. The molecule has 0 saturated carbocycles. The number of rotatable bonds is 5. The van der Waals surface area contributed by atoms with E-state index < -0.39 is 0 Å². The first kappa shape index (κ1) is 15.4. The van der Waals surface area contributed by atoms with E-state index in [1.165, 1.54) is 11.3 Å². The number of hydrogen-bond donors (Lipinski definition) is 1. The number of nitrogens with zero attached hydrogens (tertiary/aromatic N) is 2. The van der Waals surface area contributed by atoms with Crippen molar-refractivity contribution in [1.29, 1.82) is 0 Å². The van der Waals surface area contributed by atoms with E-state index in [-0.39, 0.29) is 5.91 Å². The molecule has 0 aliphatic rings. The molecule has 1 amide bonds. The first-order chi connectivity index (χ1) is 9.60. The standard InChI is InChI=1S/C14H16IN3OS/c1-3-5-9(2)13-17-18-14(20-13)16-12(19)10-6-4-7-11(15)8-10/h4,6-9H,3,5H2,1-2H3,(H,16,18,19)/t9-/m1/s1. The molecule has 2 aromatic rings. The third kappa shape index (κ3) is 3.99. The molecule has 2 rings (SSSR count). The van der Waals surface area contributed by atoms with Crippen molar-refractivity contribution in [3.63, 3.8) is 0 Å². The van der Waals surface area contributed by atoms with Crippen LogP contribution in [-0.4, -0.2) is 16.1 Å². The first-order valence-corrected chi connectivity index (χ1v) is 8.40. The fourth-order valence-corrected chi connectivity index (χ4v) is 3.21. The molecule has 0 saturated heterocycles. The average molecular weight is 401 g/mol. The van der Waals surface area contributed by atoms with Crippen LogP contribution in [-0.2, 0) is 0 Å². The van der Waals surface area contributed by atoms with Crippen molar-refractivity contribution in [1.82, 2.24) is 10.2 Å². The highest BCUT2D eigenvalue weighted by atomic mass is 127. The van der Waals surface area contributed by atoms with E-state index in [1.54, 1.807) is 6.07 Å². The van der Waals surface area contributed by atoms with Crippen molar-refractivity contribution < 1.29 is 4.79 Å². The number of halogens is 1. The van der Waals surface area contributed by atoms with Crippen LogP contribution in [0.5, 0.6) is 0 Å². The van der Waals surface area contributed by atoms with Gasteiger partial charge in [0.2, 0.25) is 5.13 Å². The van der Waals surface area contributed by atoms with Gasteiger partial charge in [-0.1, -0.05) is 37.7 Å². The molecule has 1 aromatic carbocycles. The normalized spacial score (nSPS) is 12.2. The van der Waals surface area contributed by atoms with Gasteiger partial charge in [-0.15, -0.1) is 10.2 Å². The molecule has 0 bridgehead atoms. The fraction of sp³-hybridized carbons (Fsp3) is 0.357. The number of anilines is 1. The molecular formula is C14H16IN3OS. The minimum Gasteiger partial charge on any atom is -0.296 e. The predicted molar refractivity (Wildman–Crippen MR) is 90.3 cm³/mol. The molecule has 4 nitrogen and oxygen atoms in total. The molecule has 0 radical (unpaired) electrons. The van der Waals surface area contributed by atoms with Crippen LogP contribution < -0.4 is 5.32 Å². The van der Waals surface area contributed by atoms with E-state index in [4.69, 9.17) is 0 Å². The summed E-state index contributed by atoms with van der Waals surface area (Å²) in [5.41, 5.74) is 0.634. The van der Waals surface area contributed by atoms with Gasteiger partial charge in [-0.25, -0.2) is 0 Å². The smallest absolute Gasteiger partial charge is 0.257 e. The molecule has 6 heteroatoms. The molecule has 20 heavy (non-hydrogen) atoms. The monoisotopic (exact) mass is 401 g/mol. The van der Waals surface area contributed by atoms with Crippen molar-refractivity contribution >= 4 is 45.0 Å². The summed E-state index contributed by atoms with van der Waals surface area (Å²) in [5, 5.41) is 12.5. The zero-order valence-corrected chi connectivity index (χ0v) is 14.4. The molecule has 0 fully saturated rings. The van der Waals surface area contributed by atoms with Crippen LogP contribution in [0.3, 0.4) is 0 Å². The third-order valence-electron chi connectivity index (χ3n) is 2.89. The summed E-state index contributed by atoms with van der Waals surface area (Å²) in [6.07, 6.45) is 2.20. The SMILES string of the molecule is CCC[C@@H](C)c1nnc(NC(=O)c2cccc(I)c2)s1. The lowest BCUT2D eigenvalue weighted by atomic mass is 10.1. The van der Waals surface area contributed by atoms with Gasteiger partial charge >= 0.3 is 0 Å². The Hall–Kier alpha value is -1.02. The van der Waals surface area contributed by atoms with Gasteiger partial charge in [0.15, 0.2) is 0 Å². The molecule has 106 valence electrons. The highest BCUT2D eigenvalue weighted by Crippen LogP contribution is 2.26. The van der Waals surface area contributed by atoms with E-state index in [0.717, 1.165) is 21.4 Å². The van der Waals surface area contributed by atoms with E-state index >= 15 is 0 Å². The van der Waals surface area contributed by atoms with Crippen LogP contribution in [0.15, 0.2) is 24.3 Å². The lowest BCUT2D eigenvalue weighted by Crippen LogP contribution is -2.11. The van der Waals surface area contributed by atoms with Gasteiger partial charge in [0, 0.05) is 15.1 Å². The Labute approximate surface area is 136 Å². The van der Waals surface area contributed by atoms with Crippen molar-refractivity contribution in [2.45, 2.75) is 32.6 Å². The third-order valence-corrected chi connectivity index (χ3v) is 4.63. The quantitative estimate of drug-likeness (QED) is 0.761. The van der Waals surface area contributed by atoms with Crippen LogP contribution >= 0.6 is 33.9 Å². The molecular weight excluding hydrogens is 385 g/mol. The minimum atomic E-state index is -0.144. The van der Waals surface area contributed by atoms with Crippen molar-refractivity contribution in [3.05, 3.63) is 38.4 Å². The summed E-state index contributed by atoms with van der Waals surface area (Å²) in [7, 11) is 0. The van der Waals surface area contributed by atoms with Crippen molar-refractivity contribution in [2.75, 3.05) is 5.32 Å². The lowest BCUT2D eigenvalue weighted by molar-refractivity contribution is 0.102. The largest absolute Gasteiger partial charge is 0.296 e. The van der Waals surface area contributed by atoms with Crippen LogP contribution in [0.1, 0.15) is 48.0 Å². The number of nitrogens with one attached hydrogen (secondary N) is 1. The second-order valence-corrected chi connectivity index (χ2v) is 6.85. The molecule has 0 unspecified atom stereocenters. The number of amides is 1. The number of benzene rings is 1. The Kier molecular flexibility index (Phi) is 5.47. The molecule has 1 atom stereocenters. The maximum Gasteiger partial charge on any atom is 0.257 e. The van der Waals surface area contributed by atoms with E-state index in [9.17, 15) is 4.79 Å². The molecule has 0 aliphatic heterocycles. The van der Waals surface area contributed by atoms with E-state index in [0.29, 0.717) is 16.6 Å². The Morgan fingerprint density at radius 3 is 2.95 bits per heavy atom. The number of hydrogen-bond acceptors (Lipinski definition) is 4. The predicted octanol–water partition coefficient (Wildman–Crippen LogP) is 4.30. The Morgan fingerprint density at radius 1 is 1.45 bits per heavy atom. The maximum atomic E-state index is 12.1. The molecule has 1 heterocycles. The summed E-state index contributed by atoms with van der Waals surface area (Å²) in [4.78, 5) is 12.1. The van der Waals surface area contributed by atoms with E-state index in [1.807, 2.05) is 18.2 Å². The van der Waals surface area contributed by atoms with Crippen LogP contribution in [0.4, 0.5) is 5.13 Å².